The van der Waals surface area contributed by atoms with Gasteiger partial charge in [0.1, 0.15) is 12.3 Å². The molecule has 2 aromatic heterocycles. The zero-order valence-corrected chi connectivity index (χ0v) is 10.0. The third-order valence-electron chi connectivity index (χ3n) is 2.38. The van der Waals surface area contributed by atoms with Gasteiger partial charge in [-0.2, -0.15) is 5.10 Å². The second kappa shape index (κ2) is 5.31. The molecule has 0 bridgehead atoms. The second-order valence-electron chi connectivity index (χ2n) is 3.76. The van der Waals surface area contributed by atoms with E-state index in [0.29, 0.717) is 5.69 Å². The summed E-state index contributed by atoms with van der Waals surface area (Å²) in [5, 5.41) is 4.09. The van der Waals surface area contributed by atoms with E-state index in [1.54, 1.807) is 16.9 Å². The van der Waals surface area contributed by atoms with Crippen LogP contribution >= 0.6 is 0 Å². The number of ether oxygens (including phenoxy) is 1. The van der Waals surface area contributed by atoms with Crippen LogP contribution in [0.3, 0.4) is 0 Å². The first-order valence-corrected chi connectivity index (χ1v) is 5.59. The van der Waals surface area contributed by atoms with E-state index in [2.05, 4.69) is 10.1 Å². The van der Waals surface area contributed by atoms with Crippen LogP contribution in [-0.2, 0) is 17.9 Å². The molecule has 6 heteroatoms. The Hall–Kier alpha value is -2.37. The molecule has 0 saturated heterocycles. The van der Waals surface area contributed by atoms with Gasteiger partial charge in [0.2, 0.25) is 0 Å². The van der Waals surface area contributed by atoms with Crippen molar-refractivity contribution < 1.29 is 9.53 Å². The molecule has 0 aliphatic carbocycles. The number of carbonyl (C=O) groups excluding carboxylic acids is 1. The Labute approximate surface area is 104 Å². The first-order valence-electron chi connectivity index (χ1n) is 5.59. The quantitative estimate of drug-likeness (QED) is 0.820. The summed E-state index contributed by atoms with van der Waals surface area (Å²) in [7, 11) is 0. The normalized spacial score (nSPS) is 10.3. The van der Waals surface area contributed by atoms with Gasteiger partial charge in [-0.05, 0) is 19.1 Å². The minimum atomic E-state index is -0.473. The van der Waals surface area contributed by atoms with Gasteiger partial charge < -0.3 is 10.5 Å². The van der Waals surface area contributed by atoms with Gasteiger partial charge in [0.15, 0.2) is 0 Å². The van der Waals surface area contributed by atoms with E-state index in [0.717, 1.165) is 12.1 Å². The number of carbonyl (C=O) groups is 1. The summed E-state index contributed by atoms with van der Waals surface area (Å²) in [6, 6.07) is 3.14. The highest BCUT2D eigenvalue weighted by molar-refractivity contribution is 5.87. The van der Waals surface area contributed by atoms with Crippen molar-refractivity contribution in [1.29, 1.82) is 0 Å². The monoisotopic (exact) mass is 246 g/mol. The number of aryl methyl sites for hydroxylation is 1. The third-order valence-corrected chi connectivity index (χ3v) is 2.38. The lowest BCUT2D eigenvalue weighted by molar-refractivity contribution is 0.0465. The number of hydrogen-bond acceptors (Lipinski definition) is 5. The van der Waals surface area contributed by atoms with Crippen molar-refractivity contribution in [3.8, 4) is 0 Å². The molecular weight excluding hydrogens is 232 g/mol. The van der Waals surface area contributed by atoms with Crippen molar-refractivity contribution >= 4 is 11.7 Å². The Kier molecular flexibility index (Phi) is 3.57. The molecule has 2 N–H and O–H groups in total. The van der Waals surface area contributed by atoms with E-state index in [4.69, 9.17) is 10.5 Å². The summed E-state index contributed by atoms with van der Waals surface area (Å²) in [5.74, 6) is -0.473. The summed E-state index contributed by atoms with van der Waals surface area (Å²) in [6.45, 7) is 2.96. The van der Waals surface area contributed by atoms with Gasteiger partial charge in [-0.1, -0.05) is 0 Å². The van der Waals surface area contributed by atoms with Gasteiger partial charge in [-0.25, -0.2) is 9.78 Å². The smallest absolute Gasteiger partial charge is 0.357 e. The molecule has 0 atom stereocenters. The van der Waals surface area contributed by atoms with Crippen LogP contribution in [0.4, 0.5) is 5.69 Å². The minimum absolute atomic E-state index is 0.185. The lowest BCUT2D eigenvalue weighted by Gasteiger charge is -2.02. The highest BCUT2D eigenvalue weighted by Crippen LogP contribution is 2.06. The molecule has 94 valence electrons. The summed E-state index contributed by atoms with van der Waals surface area (Å²) in [5.41, 5.74) is 7.08. The maximum absolute atomic E-state index is 11.7. The number of aromatic nitrogens is 3. The van der Waals surface area contributed by atoms with Crippen molar-refractivity contribution in [2.75, 3.05) is 5.73 Å². The number of nitrogens with two attached hydrogens (primary N) is 1. The maximum Gasteiger partial charge on any atom is 0.357 e. The molecule has 0 saturated carbocycles. The predicted molar refractivity (Wildman–Crippen MR) is 65.7 cm³/mol. The van der Waals surface area contributed by atoms with Crippen molar-refractivity contribution in [3.05, 3.63) is 42.0 Å². The topological polar surface area (TPSA) is 83.0 Å². The number of rotatable bonds is 4. The lowest BCUT2D eigenvalue weighted by atomic mass is 10.3. The number of pyridine rings is 1. The molecule has 0 amide bonds. The van der Waals surface area contributed by atoms with Crippen LogP contribution in [0.5, 0.6) is 0 Å². The lowest BCUT2D eigenvalue weighted by Crippen LogP contribution is -2.07. The maximum atomic E-state index is 11.7. The third kappa shape index (κ3) is 2.85. The van der Waals surface area contributed by atoms with E-state index in [1.807, 2.05) is 13.1 Å². The first kappa shape index (κ1) is 12.1. The molecular formula is C12H14N4O2. The molecule has 2 heterocycles. The van der Waals surface area contributed by atoms with Crippen molar-refractivity contribution in [3.63, 3.8) is 0 Å². The Morgan fingerprint density at radius 2 is 2.28 bits per heavy atom. The minimum Gasteiger partial charge on any atom is -0.456 e. The zero-order chi connectivity index (χ0) is 13.0. The Morgan fingerprint density at radius 1 is 1.44 bits per heavy atom. The average molecular weight is 246 g/mol. The molecule has 0 unspecified atom stereocenters. The van der Waals surface area contributed by atoms with E-state index < -0.39 is 5.97 Å². The van der Waals surface area contributed by atoms with Gasteiger partial charge >= 0.3 is 5.97 Å². The molecule has 0 radical (unpaired) electrons. The van der Waals surface area contributed by atoms with Crippen molar-refractivity contribution in [2.24, 2.45) is 0 Å². The summed E-state index contributed by atoms with van der Waals surface area (Å²) >= 11 is 0. The van der Waals surface area contributed by atoms with E-state index in [1.165, 1.54) is 12.3 Å². The molecule has 6 nitrogen and oxygen atoms in total. The van der Waals surface area contributed by atoms with Crippen LogP contribution in [0.15, 0.2) is 30.7 Å². The van der Waals surface area contributed by atoms with Crippen molar-refractivity contribution in [1.82, 2.24) is 14.8 Å². The fourth-order valence-electron chi connectivity index (χ4n) is 1.40. The van der Waals surface area contributed by atoms with Crippen LogP contribution < -0.4 is 5.73 Å². The number of esters is 1. The van der Waals surface area contributed by atoms with E-state index >= 15 is 0 Å². The summed E-state index contributed by atoms with van der Waals surface area (Å²) < 4.78 is 6.88. The SMILES string of the molecule is CCn1cc(COC(=O)c2ccc(N)cn2)cn1. The van der Waals surface area contributed by atoms with Crippen LogP contribution in [0.25, 0.3) is 0 Å². The Morgan fingerprint density at radius 3 is 2.89 bits per heavy atom. The highest BCUT2D eigenvalue weighted by Gasteiger charge is 2.09. The molecule has 0 spiro atoms. The highest BCUT2D eigenvalue weighted by atomic mass is 16.5. The van der Waals surface area contributed by atoms with Gasteiger partial charge in [0.25, 0.3) is 0 Å². The number of hydrogen-bond donors (Lipinski definition) is 1. The second-order valence-corrected chi connectivity index (χ2v) is 3.76. The Balaban J connectivity index is 1.93. The zero-order valence-electron chi connectivity index (χ0n) is 10.0. The molecule has 0 aliphatic heterocycles. The largest absolute Gasteiger partial charge is 0.456 e. The summed E-state index contributed by atoms with van der Waals surface area (Å²) in [6.07, 6.45) is 4.93. The fraction of sp³-hybridized carbons (Fsp3) is 0.250. The standard InChI is InChI=1S/C12H14N4O2/c1-2-16-7-9(5-15-16)8-18-12(17)11-4-3-10(13)6-14-11/h3-7H,2,8,13H2,1H3. The molecule has 18 heavy (non-hydrogen) atoms. The molecule has 0 aromatic carbocycles. The van der Waals surface area contributed by atoms with Crippen LogP contribution in [-0.4, -0.2) is 20.7 Å². The fourth-order valence-corrected chi connectivity index (χ4v) is 1.40. The van der Waals surface area contributed by atoms with E-state index in [9.17, 15) is 4.79 Å². The van der Waals surface area contributed by atoms with E-state index in [-0.39, 0.29) is 12.3 Å². The van der Waals surface area contributed by atoms with Gasteiger partial charge in [-0.15, -0.1) is 0 Å². The molecule has 0 aliphatic rings. The molecule has 2 rings (SSSR count). The first-order chi connectivity index (χ1) is 8.69. The summed E-state index contributed by atoms with van der Waals surface area (Å²) in [4.78, 5) is 15.5. The van der Waals surface area contributed by atoms with Gasteiger partial charge in [-0.3, -0.25) is 4.68 Å². The van der Waals surface area contributed by atoms with Crippen LogP contribution in [0.2, 0.25) is 0 Å². The number of nitrogen functional groups attached to an aromatic ring is 1. The predicted octanol–water partition coefficient (Wildman–Crippen LogP) is 1.24. The van der Waals surface area contributed by atoms with Gasteiger partial charge in [0.05, 0.1) is 18.1 Å². The van der Waals surface area contributed by atoms with Crippen LogP contribution in [0.1, 0.15) is 23.0 Å². The number of nitrogens with zero attached hydrogens (tertiary/aromatic N) is 3. The molecule has 0 fully saturated rings. The average Bonchev–Trinajstić information content (AvgIpc) is 2.85. The van der Waals surface area contributed by atoms with Crippen molar-refractivity contribution in [2.45, 2.75) is 20.1 Å². The molecule has 2 aromatic rings. The number of anilines is 1. The Bertz CT molecular complexity index is 533. The van der Waals surface area contributed by atoms with Crippen LogP contribution in [0, 0.1) is 0 Å². The van der Waals surface area contributed by atoms with Gasteiger partial charge in [0, 0.05) is 18.3 Å².